The number of carbonyl (C=O) groups is 2. The third-order valence-corrected chi connectivity index (χ3v) is 5.11. The minimum absolute atomic E-state index is 0.245. The van der Waals surface area contributed by atoms with Gasteiger partial charge in [-0.1, -0.05) is 48.0 Å². The number of halogens is 1. The number of nitrogens with zero attached hydrogens (tertiary/aromatic N) is 2. The van der Waals surface area contributed by atoms with E-state index in [1.807, 2.05) is 24.3 Å². The van der Waals surface area contributed by atoms with Crippen molar-refractivity contribution >= 4 is 35.1 Å². The predicted octanol–water partition coefficient (Wildman–Crippen LogP) is 2.64. The highest BCUT2D eigenvalue weighted by atomic mass is 35.5. The van der Waals surface area contributed by atoms with Crippen LogP contribution in [0.4, 0.5) is 5.82 Å². The van der Waals surface area contributed by atoms with E-state index in [4.69, 9.17) is 11.6 Å². The van der Waals surface area contributed by atoms with E-state index in [9.17, 15) is 9.59 Å². The Morgan fingerprint density at radius 2 is 1.87 bits per heavy atom. The molecule has 2 aromatic carbocycles. The summed E-state index contributed by atoms with van der Waals surface area (Å²) in [6, 6.07) is 16.3. The van der Waals surface area contributed by atoms with Crippen molar-refractivity contribution in [1.82, 2.24) is 20.8 Å². The fourth-order valence-electron chi connectivity index (χ4n) is 3.17. The Bertz CT molecular complexity index is 1120. The number of amides is 2. The van der Waals surface area contributed by atoms with Crippen molar-refractivity contribution in [2.75, 3.05) is 25.0 Å². The minimum Gasteiger partial charge on any atom is -0.368 e. The van der Waals surface area contributed by atoms with Crippen LogP contribution in [-0.4, -0.2) is 47.5 Å². The molecule has 0 spiro atoms. The number of aromatic amines is 1. The first kappa shape index (κ1) is 20.6. The first-order valence-corrected chi connectivity index (χ1v) is 10.2. The lowest BCUT2D eigenvalue weighted by Gasteiger charge is -2.06. The van der Waals surface area contributed by atoms with E-state index in [0.717, 1.165) is 30.1 Å². The average molecular weight is 437 g/mol. The number of benzene rings is 2. The van der Waals surface area contributed by atoms with Crippen molar-refractivity contribution < 1.29 is 9.59 Å². The van der Waals surface area contributed by atoms with Gasteiger partial charge in [-0.15, -0.1) is 0 Å². The quantitative estimate of drug-likeness (QED) is 0.456. The fourth-order valence-corrected chi connectivity index (χ4v) is 3.39. The van der Waals surface area contributed by atoms with E-state index in [0.29, 0.717) is 23.6 Å². The number of amidine groups is 1. The van der Waals surface area contributed by atoms with Crippen molar-refractivity contribution in [3.8, 4) is 0 Å². The lowest BCUT2D eigenvalue weighted by Crippen LogP contribution is -2.26. The van der Waals surface area contributed by atoms with Crippen LogP contribution in [0.3, 0.4) is 0 Å². The Morgan fingerprint density at radius 1 is 1.06 bits per heavy atom. The molecular weight excluding hydrogens is 416 g/mol. The molecule has 0 saturated carbocycles. The summed E-state index contributed by atoms with van der Waals surface area (Å²) in [5.41, 5.74) is 2.77. The number of rotatable bonds is 7. The standard InChI is InChI=1S/C22H21ClN6O2/c23-17-4-2-1-3-16(17)21(30)27-19-13-18(28-29-19)22(31)26-10-9-14-5-7-15(8-6-14)20-24-11-12-25-20/h1-8,13H,9-12H2,(H,24,25)(H,26,31)(H2,27,28,29,30). The molecule has 0 saturated heterocycles. The van der Waals surface area contributed by atoms with Crippen LogP contribution < -0.4 is 16.0 Å². The van der Waals surface area contributed by atoms with Gasteiger partial charge in [-0.3, -0.25) is 19.7 Å². The van der Waals surface area contributed by atoms with Gasteiger partial charge in [-0.25, -0.2) is 0 Å². The fraction of sp³-hybridized carbons (Fsp3) is 0.182. The normalized spacial score (nSPS) is 12.7. The Kier molecular flexibility index (Phi) is 6.28. The summed E-state index contributed by atoms with van der Waals surface area (Å²) in [4.78, 5) is 29.0. The van der Waals surface area contributed by atoms with E-state index < -0.39 is 5.91 Å². The maximum absolute atomic E-state index is 12.3. The highest BCUT2D eigenvalue weighted by molar-refractivity contribution is 6.34. The van der Waals surface area contributed by atoms with Crippen molar-refractivity contribution in [2.45, 2.75) is 6.42 Å². The number of H-pyrrole nitrogens is 1. The Labute approximate surface area is 184 Å². The topological polar surface area (TPSA) is 111 Å². The number of carbonyl (C=O) groups excluding carboxylic acids is 2. The molecule has 4 N–H and O–H groups in total. The smallest absolute Gasteiger partial charge is 0.269 e. The molecule has 0 radical (unpaired) electrons. The second-order valence-corrected chi connectivity index (χ2v) is 7.37. The van der Waals surface area contributed by atoms with Gasteiger partial charge in [0.2, 0.25) is 0 Å². The maximum atomic E-state index is 12.3. The second kappa shape index (κ2) is 9.44. The van der Waals surface area contributed by atoms with E-state index in [-0.39, 0.29) is 17.4 Å². The molecule has 1 aliphatic rings. The van der Waals surface area contributed by atoms with Gasteiger partial charge in [-0.2, -0.15) is 5.10 Å². The first-order chi connectivity index (χ1) is 15.1. The van der Waals surface area contributed by atoms with Gasteiger partial charge in [0.1, 0.15) is 11.5 Å². The van der Waals surface area contributed by atoms with Crippen LogP contribution in [0.5, 0.6) is 0 Å². The third kappa shape index (κ3) is 5.10. The zero-order valence-electron chi connectivity index (χ0n) is 16.6. The van der Waals surface area contributed by atoms with Gasteiger partial charge in [0.05, 0.1) is 17.1 Å². The van der Waals surface area contributed by atoms with Crippen LogP contribution >= 0.6 is 11.6 Å². The van der Waals surface area contributed by atoms with Gasteiger partial charge in [0.25, 0.3) is 11.8 Å². The Balaban J connectivity index is 1.27. The molecule has 3 aromatic rings. The van der Waals surface area contributed by atoms with Crippen molar-refractivity contribution in [2.24, 2.45) is 4.99 Å². The van der Waals surface area contributed by atoms with Crippen LogP contribution in [0.1, 0.15) is 32.0 Å². The number of aromatic nitrogens is 2. The number of hydrogen-bond donors (Lipinski definition) is 4. The van der Waals surface area contributed by atoms with Crippen molar-refractivity contribution in [3.05, 3.63) is 82.0 Å². The molecule has 2 amide bonds. The van der Waals surface area contributed by atoms with Gasteiger partial charge in [0.15, 0.2) is 5.82 Å². The monoisotopic (exact) mass is 436 g/mol. The lowest BCUT2D eigenvalue weighted by molar-refractivity contribution is 0.0948. The molecule has 0 atom stereocenters. The Hall–Kier alpha value is -3.65. The van der Waals surface area contributed by atoms with Crippen LogP contribution in [0.15, 0.2) is 59.6 Å². The minimum atomic E-state index is -0.397. The summed E-state index contributed by atoms with van der Waals surface area (Å²) in [5, 5.41) is 15.7. The van der Waals surface area contributed by atoms with Crippen molar-refractivity contribution in [1.29, 1.82) is 0 Å². The third-order valence-electron chi connectivity index (χ3n) is 4.78. The summed E-state index contributed by atoms with van der Waals surface area (Å²) >= 11 is 6.03. The summed E-state index contributed by atoms with van der Waals surface area (Å²) in [6.07, 6.45) is 0.691. The summed E-state index contributed by atoms with van der Waals surface area (Å²) in [5.74, 6) is 0.476. The molecule has 9 heteroatoms. The van der Waals surface area contributed by atoms with Crippen LogP contribution in [-0.2, 0) is 6.42 Å². The van der Waals surface area contributed by atoms with Crippen LogP contribution in [0.25, 0.3) is 0 Å². The number of anilines is 1. The maximum Gasteiger partial charge on any atom is 0.269 e. The molecule has 8 nitrogen and oxygen atoms in total. The molecule has 31 heavy (non-hydrogen) atoms. The molecule has 1 aliphatic heterocycles. The second-order valence-electron chi connectivity index (χ2n) is 6.96. The summed E-state index contributed by atoms with van der Waals surface area (Å²) in [7, 11) is 0. The largest absolute Gasteiger partial charge is 0.368 e. The number of nitrogens with one attached hydrogen (secondary N) is 4. The molecule has 0 fully saturated rings. The molecule has 0 bridgehead atoms. The van der Waals surface area contributed by atoms with E-state index in [1.54, 1.807) is 24.3 Å². The molecule has 2 heterocycles. The molecule has 0 unspecified atom stereocenters. The first-order valence-electron chi connectivity index (χ1n) is 9.87. The molecule has 1 aromatic heterocycles. The number of aliphatic imine (C=N–C) groups is 1. The van der Waals surface area contributed by atoms with Gasteiger partial charge in [-0.05, 0) is 24.1 Å². The van der Waals surface area contributed by atoms with Gasteiger partial charge < -0.3 is 16.0 Å². The average Bonchev–Trinajstić information content (AvgIpc) is 3.47. The summed E-state index contributed by atoms with van der Waals surface area (Å²) < 4.78 is 0. The van der Waals surface area contributed by atoms with E-state index >= 15 is 0 Å². The highest BCUT2D eigenvalue weighted by Gasteiger charge is 2.14. The van der Waals surface area contributed by atoms with E-state index in [2.05, 4.69) is 31.1 Å². The van der Waals surface area contributed by atoms with E-state index in [1.165, 1.54) is 6.07 Å². The van der Waals surface area contributed by atoms with Gasteiger partial charge >= 0.3 is 0 Å². The summed E-state index contributed by atoms with van der Waals surface area (Å²) in [6.45, 7) is 2.15. The highest BCUT2D eigenvalue weighted by Crippen LogP contribution is 2.16. The lowest BCUT2D eigenvalue weighted by atomic mass is 10.1. The number of hydrogen-bond acceptors (Lipinski definition) is 5. The molecule has 0 aliphatic carbocycles. The van der Waals surface area contributed by atoms with Gasteiger partial charge in [0, 0.05) is 24.7 Å². The Morgan fingerprint density at radius 3 is 2.61 bits per heavy atom. The SMILES string of the molecule is O=C(NCCc1ccc(C2=NCCN2)cc1)c1cc(NC(=O)c2ccccc2Cl)n[nH]1. The molecular formula is C22H21ClN6O2. The van der Waals surface area contributed by atoms with Crippen LogP contribution in [0.2, 0.25) is 5.02 Å². The predicted molar refractivity (Wildman–Crippen MR) is 120 cm³/mol. The molecule has 4 rings (SSSR count). The van der Waals surface area contributed by atoms with Crippen molar-refractivity contribution in [3.63, 3.8) is 0 Å². The van der Waals surface area contributed by atoms with Crippen LogP contribution in [0, 0.1) is 0 Å². The zero-order chi connectivity index (χ0) is 21.6. The zero-order valence-corrected chi connectivity index (χ0v) is 17.4. The molecule has 158 valence electrons.